The molecule has 86 valence electrons. The third kappa shape index (κ3) is 3.16. The summed E-state index contributed by atoms with van der Waals surface area (Å²) in [5.41, 5.74) is 0. The van der Waals surface area contributed by atoms with Gasteiger partial charge in [-0.2, -0.15) is 0 Å². The highest BCUT2D eigenvalue weighted by Gasteiger charge is 2.29. The summed E-state index contributed by atoms with van der Waals surface area (Å²) in [4.78, 5) is 0. The lowest BCUT2D eigenvalue weighted by molar-refractivity contribution is 0.0454. The van der Waals surface area contributed by atoms with Crippen molar-refractivity contribution < 1.29 is 4.74 Å². The van der Waals surface area contributed by atoms with E-state index in [1.165, 1.54) is 38.5 Å². The second-order valence-electron chi connectivity index (χ2n) is 5.32. The minimum Gasteiger partial charge on any atom is -0.372 e. The first-order valence-corrected chi connectivity index (χ1v) is 6.52. The van der Waals surface area contributed by atoms with E-state index in [0.717, 1.165) is 25.2 Å². The Morgan fingerprint density at radius 2 is 1.20 bits per heavy atom. The van der Waals surface area contributed by atoms with Crippen molar-refractivity contribution in [1.82, 2.24) is 10.6 Å². The molecule has 0 amide bonds. The molecule has 3 heteroatoms. The molecule has 2 saturated carbocycles. The molecule has 1 aliphatic heterocycles. The van der Waals surface area contributed by atoms with E-state index in [1.54, 1.807) is 0 Å². The van der Waals surface area contributed by atoms with Gasteiger partial charge in [-0.15, -0.1) is 0 Å². The third-order valence-corrected chi connectivity index (χ3v) is 3.62. The second kappa shape index (κ2) is 4.40. The van der Waals surface area contributed by atoms with Crippen LogP contribution in [0.2, 0.25) is 0 Å². The Kier molecular flexibility index (Phi) is 2.95. The lowest BCUT2D eigenvalue weighted by atomic mass is 10.2. The predicted molar refractivity (Wildman–Crippen MR) is 59.9 cm³/mol. The Hall–Kier alpha value is -0.120. The van der Waals surface area contributed by atoms with Crippen LogP contribution in [0.1, 0.15) is 38.5 Å². The van der Waals surface area contributed by atoms with Gasteiger partial charge in [0, 0.05) is 25.2 Å². The van der Waals surface area contributed by atoms with Gasteiger partial charge in [0.05, 0.1) is 12.2 Å². The summed E-state index contributed by atoms with van der Waals surface area (Å²) in [5, 5.41) is 7.10. The van der Waals surface area contributed by atoms with Gasteiger partial charge < -0.3 is 15.4 Å². The zero-order chi connectivity index (χ0) is 10.1. The summed E-state index contributed by atoms with van der Waals surface area (Å²) in [6, 6.07) is 1.63. The first-order chi connectivity index (χ1) is 7.40. The quantitative estimate of drug-likeness (QED) is 0.687. The van der Waals surface area contributed by atoms with Crippen molar-refractivity contribution in [2.75, 3.05) is 13.1 Å². The number of nitrogens with one attached hydrogen (secondary N) is 2. The maximum Gasteiger partial charge on any atom is 0.0704 e. The molecule has 2 atom stereocenters. The molecule has 2 aliphatic carbocycles. The van der Waals surface area contributed by atoms with E-state index in [0.29, 0.717) is 12.2 Å². The highest BCUT2D eigenvalue weighted by molar-refractivity contribution is 4.86. The standard InChI is InChI=1S/C12H22N2O/c1-2-9(1)13-7-11-5-6-12(15-11)8-14-10-3-4-10/h9-14H,1-8H2/t11-,12-/m1/s1. The summed E-state index contributed by atoms with van der Waals surface area (Å²) < 4.78 is 5.99. The molecule has 3 nitrogen and oxygen atoms in total. The van der Waals surface area contributed by atoms with Crippen LogP contribution < -0.4 is 10.6 Å². The van der Waals surface area contributed by atoms with Crippen LogP contribution >= 0.6 is 0 Å². The Morgan fingerprint density at radius 3 is 1.60 bits per heavy atom. The summed E-state index contributed by atoms with van der Waals surface area (Å²) in [5.74, 6) is 0. The normalized spacial score (nSPS) is 36.0. The van der Waals surface area contributed by atoms with Gasteiger partial charge in [0.2, 0.25) is 0 Å². The van der Waals surface area contributed by atoms with Crippen LogP contribution in [0.15, 0.2) is 0 Å². The summed E-state index contributed by atoms with van der Waals surface area (Å²) in [7, 11) is 0. The molecule has 0 bridgehead atoms. The molecular weight excluding hydrogens is 188 g/mol. The van der Waals surface area contributed by atoms with Crippen molar-refractivity contribution in [1.29, 1.82) is 0 Å². The van der Waals surface area contributed by atoms with Crippen LogP contribution in [0.4, 0.5) is 0 Å². The SMILES string of the molecule is C1CC1NC[C@H]1CC[C@H](CNC2CC2)O1. The minimum atomic E-state index is 0.483. The Labute approximate surface area is 91.9 Å². The monoisotopic (exact) mass is 210 g/mol. The molecule has 1 saturated heterocycles. The van der Waals surface area contributed by atoms with Crippen molar-refractivity contribution in [2.45, 2.75) is 62.8 Å². The molecule has 0 unspecified atom stereocenters. The van der Waals surface area contributed by atoms with E-state index in [2.05, 4.69) is 10.6 Å². The molecule has 3 fully saturated rings. The Morgan fingerprint density at radius 1 is 0.733 bits per heavy atom. The van der Waals surface area contributed by atoms with E-state index in [-0.39, 0.29) is 0 Å². The fourth-order valence-electron chi connectivity index (χ4n) is 2.25. The molecule has 15 heavy (non-hydrogen) atoms. The molecule has 3 aliphatic rings. The van der Waals surface area contributed by atoms with Gasteiger partial charge in [-0.1, -0.05) is 0 Å². The summed E-state index contributed by atoms with van der Waals surface area (Å²) >= 11 is 0. The molecule has 1 heterocycles. The van der Waals surface area contributed by atoms with Gasteiger partial charge in [0.25, 0.3) is 0 Å². The number of hydrogen-bond donors (Lipinski definition) is 2. The highest BCUT2D eigenvalue weighted by atomic mass is 16.5. The van der Waals surface area contributed by atoms with E-state index >= 15 is 0 Å². The van der Waals surface area contributed by atoms with Gasteiger partial charge in [-0.05, 0) is 38.5 Å². The van der Waals surface area contributed by atoms with Crippen LogP contribution in [0, 0.1) is 0 Å². The predicted octanol–water partition coefficient (Wildman–Crippen LogP) is 1.04. The van der Waals surface area contributed by atoms with Gasteiger partial charge in [-0.3, -0.25) is 0 Å². The number of hydrogen-bond acceptors (Lipinski definition) is 3. The maximum atomic E-state index is 5.99. The van der Waals surface area contributed by atoms with Crippen molar-refractivity contribution in [3.8, 4) is 0 Å². The van der Waals surface area contributed by atoms with Crippen LogP contribution in [0.5, 0.6) is 0 Å². The average molecular weight is 210 g/mol. The van der Waals surface area contributed by atoms with Gasteiger partial charge in [-0.25, -0.2) is 0 Å². The molecule has 0 radical (unpaired) electrons. The van der Waals surface area contributed by atoms with Crippen LogP contribution in [-0.2, 0) is 4.74 Å². The first-order valence-electron chi connectivity index (χ1n) is 6.52. The van der Waals surface area contributed by atoms with Crippen LogP contribution in [0.3, 0.4) is 0 Å². The van der Waals surface area contributed by atoms with Crippen molar-refractivity contribution >= 4 is 0 Å². The minimum absolute atomic E-state index is 0.483. The van der Waals surface area contributed by atoms with Gasteiger partial charge in [0.1, 0.15) is 0 Å². The van der Waals surface area contributed by atoms with E-state index < -0.39 is 0 Å². The lowest BCUT2D eigenvalue weighted by Gasteiger charge is -2.14. The second-order valence-corrected chi connectivity index (χ2v) is 5.32. The zero-order valence-electron chi connectivity index (χ0n) is 9.37. The molecule has 0 aromatic heterocycles. The van der Waals surface area contributed by atoms with Gasteiger partial charge in [0.15, 0.2) is 0 Å². The highest BCUT2D eigenvalue weighted by Crippen LogP contribution is 2.23. The van der Waals surface area contributed by atoms with Crippen LogP contribution in [-0.4, -0.2) is 37.4 Å². The first kappa shape index (κ1) is 10.1. The molecule has 0 spiro atoms. The largest absolute Gasteiger partial charge is 0.372 e. The van der Waals surface area contributed by atoms with Crippen LogP contribution in [0.25, 0.3) is 0 Å². The molecule has 2 N–H and O–H groups in total. The van der Waals surface area contributed by atoms with E-state index in [1.807, 2.05) is 0 Å². The van der Waals surface area contributed by atoms with Crippen molar-refractivity contribution in [3.63, 3.8) is 0 Å². The summed E-state index contributed by atoms with van der Waals surface area (Å²) in [6.45, 7) is 2.15. The zero-order valence-corrected chi connectivity index (χ0v) is 9.37. The maximum absolute atomic E-state index is 5.99. The third-order valence-electron chi connectivity index (χ3n) is 3.62. The number of ether oxygens (including phenoxy) is 1. The molecule has 0 aromatic carbocycles. The molecular formula is C12H22N2O. The Balaban J connectivity index is 1.30. The molecule has 0 aromatic rings. The summed E-state index contributed by atoms with van der Waals surface area (Å²) in [6.07, 6.45) is 8.96. The van der Waals surface area contributed by atoms with Crippen molar-refractivity contribution in [2.24, 2.45) is 0 Å². The van der Waals surface area contributed by atoms with E-state index in [9.17, 15) is 0 Å². The lowest BCUT2D eigenvalue weighted by Crippen LogP contribution is -2.32. The smallest absolute Gasteiger partial charge is 0.0704 e. The fourth-order valence-corrected chi connectivity index (χ4v) is 2.25. The van der Waals surface area contributed by atoms with Crippen molar-refractivity contribution in [3.05, 3.63) is 0 Å². The van der Waals surface area contributed by atoms with E-state index in [4.69, 9.17) is 4.74 Å². The number of rotatable bonds is 6. The fraction of sp³-hybridized carbons (Fsp3) is 1.00. The van der Waals surface area contributed by atoms with Gasteiger partial charge >= 0.3 is 0 Å². The Bertz CT molecular complexity index is 192. The molecule has 3 rings (SSSR count). The topological polar surface area (TPSA) is 33.3 Å². The average Bonchev–Trinajstić information content (AvgIpc) is 3.14.